The predicted molar refractivity (Wildman–Crippen MR) is 139 cm³/mol. The van der Waals surface area contributed by atoms with E-state index in [9.17, 15) is 13.6 Å². The molecular weight excluding hydrogens is 488 g/mol. The molecule has 1 fully saturated rings. The van der Waals surface area contributed by atoms with Crippen molar-refractivity contribution < 1.29 is 18.3 Å². The van der Waals surface area contributed by atoms with Gasteiger partial charge in [0.25, 0.3) is 0 Å². The molecule has 6 rings (SSSR count). The second kappa shape index (κ2) is 10.1. The Balaban J connectivity index is 1.61. The lowest BCUT2D eigenvalue weighted by atomic mass is 9.89. The van der Waals surface area contributed by atoms with Crippen molar-refractivity contribution in [1.82, 2.24) is 24.6 Å². The fourth-order valence-corrected chi connectivity index (χ4v) is 4.78. The van der Waals surface area contributed by atoms with Gasteiger partial charge >= 0.3 is 0 Å². The van der Waals surface area contributed by atoms with E-state index in [2.05, 4.69) is 10.1 Å². The Morgan fingerprint density at radius 1 is 0.816 bits per heavy atom. The molecule has 0 N–H and O–H groups in total. The zero-order valence-corrected chi connectivity index (χ0v) is 20.3. The molecule has 3 aromatic heterocycles. The fourth-order valence-electron chi connectivity index (χ4n) is 4.78. The number of rotatable bonds is 5. The van der Waals surface area contributed by atoms with Crippen molar-refractivity contribution in [1.29, 1.82) is 0 Å². The van der Waals surface area contributed by atoms with Gasteiger partial charge in [0.15, 0.2) is 5.65 Å². The van der Waals surface area contributed by atoms with Crippen molar-refractivity contribution in [2.45, 2.75) is 6.54 Å². The zero-order valence-electron chi connectivity index (χ0n) is 20.3. The molecule has 0 spiro atoms. The van der Waals surface area contributed by atoms with Gasteiger partial charge < -0.3 is 9.64 Å². The first-order chi connectivity index (χ1) is 18.6. The third-order valence-corrected chi connectivity index (χ3v) is 6.65. The maximum atomic E-state index is 13.9. The Morgan fingerprint density at radius 3 is 2.08 bits per heavy atom. The smallest absolute Gasteiger partial charge is 0.244 e. The van der Waals surface area contributed by atoms with Gasteiger partial charge in [0.05, 0.1) is 25.1 Å². The highest BCUT2D eigenvalue weighted by atomic mass is 19.1. The lowest BCUT2D eigenvalue weighted by Crippen LogP contribution is -2.42. The van der Waals surface area contributed by atoms with Gasteiger partial charge in [-0.1, -0.05) is 12.1 Å². The van der Waals surface area contributed by atoms with E-state index in [-0.39, 0.29) is 24.1 Å². The molecule has 2 aromatic carbocycles. The maximum Gasteiger partial charge on any atom is 0.244 e. The van der Waals surface area contributed by atoms with E-state index >= 15 is 0 Å². The number of hydrogen-bond acceptors (Lipinski definition) is 5. The summed E-state index contributed by atoms with van der Waals surface area (Å²) in [5.74, 6) is -0.791. The van der Waals surface area contributed by atoms with Crippen LogP contribution in [-0.2, 0) is 16.1 Å². The summed E-state index contributed by atoms with van der Waals surface area (Å²) in [6.45, 7) is 2.07. The van der Waals surface area contributed by atoms with Gasteiger partial charge in [-0.3, -0.25) is 9.78 Å². The predicted octanol–water partition coefficient (Wildman–Crippen LogP) is 4.96. The Bertz CT molecular complexity index is 1600. The molecule has 0 unspecified atom stereocenters. The first-order valence-electron chi connectivity index (χ1n) is 12.3. The van der Waals surface area contributed by atoms with Crippen LogP contribution in [0.4, 0.5) is 8.78 Å². The van der Waals surface area contributed by atoms with Crippen LogP contribution in [0.5, 0.6) is 0 Å². The molecular formula is C29H23F2N5O2. The summed E-state index contributed by atoms with van der Waals surface area (Å²) in [4.78, 5) is 24.0. The summed E-state index contributed by atoms with van der Waals surface area (Å²) in [7, 11) is 0. The number of nitrogens with zero attached hydrogens (tertiary/aromatic N) is 5. The van der Waals surface area contributed by atoms with Crippen LogP contribution in [0.15, 0.2) is 79.3 Å². The first-order valence-corrected chi connectivity index (χ1v) is 12.3. The van der Waals surface area contributed by atoms with E-state index in [4.69, 9.17) is 9.72 Å². The second-order valence-electron chi connectivity index (χ2n) is 8.99. The summed E-state index contributed by atoms with van der Waals surface area (Å²) >= 11 is 0. The Kier molecular flexibility index (Phi) is 6.35. The average Bonchev–Trinajstić information content (AvgIpc) is 3.36. The van der Waals surface area contributed by atoms with Gasteiger partial charge in [0.1, 0.15) is 18.2 Å². The van der Waals surface area contributed by atoms with Crippen LogP contribution in [0.1, 0.15) is 0 Å². The van der Waals surface area contributed by atoms with Crippen LogP contribution in [0.3, 0.4) is 0 Å². The fraction of sp³-hybridized carbons (Fsp3) is 0.172. The summed E-state index contributed by atoms with van der Waals surface area (Å²) in [6, 6.07) is 16.1. The molecule has 38 heavy (non-hydrogen) atoms. The SMILES string of the molecule is O=C(Cn1ncc2c(-c3ccc(F)cc3)c(-c3ccncc3)c(-c3ccc(F)cc3)nc21)N1CCOCC1. The van der Waals surface area contributed by atoms with Crippen molar-refractivity contribution in [3.63, 3.8) is 0 Å². The lowest BCUT2D eigenvalue weighted by Gasteiger charge is -2.26. The Hall–Kier alpha value is -4.50. The third kappa shape index (κ3) is 4.52. The molecule has 0 saturated carbocycles. The minimum atomic E-state index is -0.361. The maximum absolute atomic E-state index is 13.9. The van der Waals surface area contributed by atoms with Gasteiger partial charge in [0, 0.05) is 47.6 Å². The standard InChI is InChI=1S/C29H23F2N5O2/c30-22-5-1-19(2-6-22)26-24-17-33-36(18-25(37)35-13-15-38-16-14-35)29(24)34-28(21-3-7-23(31)8-4-21)27(26)20-9-11-32-12-10-20/h1-12,17H,13-16,18H2. The average molecular weight is 512 g/mol. The number of carbonyl (C=O) groups is 1. The quantitative estimate of drug-likeness (QED) is 0.333. The monoisotopic (exact) mass is 511 g/mol. The Morgan fingerprint density at radius 2 is 1.42 bits per heavy atom. The summed E-state index contributed by atoms with van der Waals surface area (Å²) < 4.78 is 34.7. The normalized spacial score (nSPS) is 13.7. The van der Waals surface area contributed by atoms with Gasteiger partial charge in [-0.2, -0.15) is 5.10 Å². The number of morpholine rings is 1. The highest BCUT2D eigenvalue weighted by Gasteiger charge is 2.24. The van der Waals surface area contributed by atoms with Crippen molar-refractivity contribution >= 4 is 16.9 Å². The highest BCUT2D eigenvalue weighted by Crippen LogP contribution is 2.43. The van der Waals surface area contributed by atoms with E-state index in [0.717, 1.165) is 22.3 Å². The summed E-state index contributed by atoms with van der Waals surface area (Å²) in [5, 5.41) is 5.26. The van der Waals surface area contributed by atoms with Crippen molar-refractivity contribution in [2.24, 2.45) is 0 Å². The topological polar surface area (TPSA) is 73.1 Å². The number of benzene rings is 2. The van der Waals surface area contributed by atoms with Crippen molar-refractivity contribution in [3.05, 3.63) is 90.9 Å². The van der Waals surface area contributed by atoms with Crippen LogP contribution in [0.25, 0.3) is 44.5 Å². The first kappa shape index (κ1) is 23.9. The summed E-state index contributed by atoms with van der Waals surface area (Å²) in [6.07, 6.45) is 5.06. The number of fused-ring (bicyclic) bond motifs is 1. The molecule has 4 heterocycles. The number of aromatic nitrogens is 4. The van der Waals surface area contributed by atoms with Gasteiger partial charge in [-0.25, -0.2) is 18.4 Å². The number of ether oxygens (including phenoxy) is 1. The van der Waals surface area contributed by atoms with Crippen LogP contribution in [-0.4, -0.2) is 56.9 Å². The molecule has 1 aliphatic rings. The molecule has 190 valence electrons. The second-order valence-corrected chi connectivity index (χ2v) is 8.99. The van der Waals surface area contributed by atoms with Gasteiger partial charge in [-0.05, 0) is 59.7 Å². The molecule has 0 atom stereocenters. The summed E-state index contributed by atoms with van der Waals surface area (Å²) in [5.41, 5.74) is 4.93. The molecule has 5 aromatic rings. The minimum Gasteiger partial charge on any atom is -0.378 e. The molecule has 0 radical (unpaired) electrons. The lowest BCUT2D eigenvalue weighted by molar-refractivity contribution is -0.136. The number of carbonyl (C=O) groups excluding carboxylic acids is 1. The van der Waals surface area contributed by atoms with Gasteiger partial charge in [-0.15, -0.1) is 0 Å². The minimum absolute atomic E-state index is 0.0107. The number of halogens is 2. The van der Waals surface area contributed by atoms with E-state index in [1.165, 1.54) is 24.3 Å². The number of pyridine rings is 2. The van der Waals surface area contributed by atoms with Crippen LogP contribution < -0.4 is 0 Å². The molecule has 1 saturated heterocycles. The molecule has 1 aliphatic heterocycles. The van der Waals surface area contributed by atoms with Crippen LogP contribution in [0, 0.1) is 11.6 Å². The molecule has 7 nitrogen and oxygen atoms in total. The largest absolute Gasteiger partial charge is 0.378 e. The van der Waals surface area contributed by atoms with E-state index in [0.29, 0.717) is 48.6 Å². The van der Waals surface area contributed by atoms with Gasteiger partial charge in [0.2, 0.25) is 5.91 Å². The molecule has 9 heteroatoms. The number of hydrogen-bond donors (Lipinski definition) is 0. The van der Waals surface area contributed by atoms with Crippen molar-refractivity contribution in [2.75, 3.05) is 26.3 Å². The van der Waals surface area contributed by atoms with E-state index < -0.39 is 0 Å². The molecule has 1 amide bonds. The van der Waals surface area contributed by atoms with Crippen molar-refractivity contribution in [3.8, 4) is 33.5 Å². The molecule has 0 aliphatic carbocycles. The zero-order chi connectivity index (χ0) is 26.1. The van der Waals surface area contributed by atoms with Crippen LogP contribution >= 0.6 is 0 Å². The Labute approximate surface area is 217 Å². The highest BCUT2D eigenvalue weighted by molar-refractivity contribution is 6.06. The third-order valence-electron chi connectivity index (χ3n) is 6.65. The van der Waals surface area contributed by atoms with E-state index in [1.54, 1.807) is 52.4 Å². The number of amides is 1. The molecule has 0 bridgehead atoms. The van der Waals surface area contributed by atoms with Crippen LogP contribution in [0.2, 0.25) is 0 Å². The van der Waals surface area contributed by atoms with E-state index in [1.807, 2.05) is 12.1 Å².